The van der Waals surface area contributed by atoms with E-state index in [-0.39, 0.29) is 46.2 Å². The van der Waals surface area contributed by atoms with Crippen LogP contribution in [0.2, 0.25) is 0 Å². The van der Waals surface area contributed by atoms with Gasteiger partial charge in [0.2, 0.25) is 0 Å². The van der Waals surface area contributed by atoms with Crippen LogP contribution in [0.4, 0.5) is 0 Å². The molecule has 3 heteroatoms. The van der Waals surface area contributed by atoms with Gasteiger partial charge in [-0.1, -0.05) is 30.3 Å². The van der Waals surface area contributed by atoms with E-state index >= 15 is 0 Å². The van der Waals surface area contributed by atoms with Crippen LogP contribution in [-0.2, 0) is 0 Å². The summed E-state index contributed by atoms with van der Waals surface area (Å²) in [5.41, 5.74) is 0.545. The fourth-order valence-corrected chi connectivity index (χ4v) is 1.12. The van der Waals surface area contributed by atoms with Gasteiger partial charge in [-0.25, -0.2) is 4.98 Å². The molecule has 0 atom stereocenters. The Morgan fingerprint density at radius 1 is 1.00 bits per heavy atom. The summed E-state index contributed by atoms with van der Waals surface area (Å²) >= 11 is 0. The topological polar surface area (TPSA) is 30.0 Å². The van der Waals surface area contributed by atoms with Gasteiger partial charge in [0, 0.05) is 11.5 Å². The van der Waals surface area contributed by atoms with E-state index in [0.717, 1.165) is 10.9 Å². The third-order valence-electron chi connectivity index (χ3n) is 1.68. The van der Waals surface area contributed by atoms with E-state index in [9.17, 15) is 4.79 Å². The Labute approximate surface area is 109 Å². The smallest absolute Gasteiger partial charge is 1.00 e. The first-order valence-corrected chi connectivity index (χ1v) is 3.72. The van der Waals surface area contributed by atoms with Crippen LogP contribution in [0.15, 0.2) is 47.3 Å². The normalized spacial score (nSPS) is 9.23. The van der Waals surface area contributed by atoms with Crippen LogP contribution in [0.25, 0.3) is 10.9 Å². The van der Waals surface area contributed by atoms with Gasteiger partial charge in [0.05, 0.1) is 5.52 Å². The van der Waals surface area contributed by atoms with E-state index in [4.69, 9.17) is 0 Å². The van der Waals surface area contributed by atoms with E-state index in [1.807, 2.05) is 30.3 Å². The predicted molar refractivity (Wildman–Crippen MR) is 56.0 cm³/mol. The molecule has 13 heavy (non-hydrogen) atoms. The summed E-state index contributed by atoms with van der Waals surface area (Å²) in [7, 11) is 0. The molecule has 0 spiro atoms. The molecule has 0 unspecified atom stereocenters. The van der Waals surface area contributed by atoms with Crippen molar-refractivity contribution in [2.75, 3.05) is 0 Å². The van der Waals surface area contributed by atoms with Gasteiger partial charge in [-0.15, -0.1) is 0 Å². The van der Waals surface area contributed by atoms with Gasteiger partial charge >= 0.3 is 37.7 Å². The molecule has 2 rings (SSSR count). The monoisotopic (exact) mass is 199 g/mol. The molecule has 0 amide bonds. The molecule has 0 N–H and O–H groups in total. The van der Waals surface area contributed by atoms with Crippen LogP contribution in [-0.4, -0.2) is 42.7 Å². The van der Waals surface area contributed by atoms with E-state index < -0.39 is 0 Å². The average Bonchev–Trinajstić information content (AvgIpc) is 2.25. The van der Waals surface area contributed by atoms with Crippen LogP contribution in [0.3, 0.4) is 0 Å². The van der Waals surface area contributed by atoms with Gasteiger partial charge in [-0.3, -0.25) is 4.79 Å². The second-order valence-corrected chi connectivity index (χ2v) is 2.53. The van der Waals surface area contributed by atoms with Crippen molar-refractivity contribution in [2.24, 2.45) is 0 Å². The first kappa shape index (κ1) is 10.6. The summed E-state index contributed by atoms with van der Waals surface area (Å²) in [6, 6.07) is 12.6. The van der Waals surface area contributed by atoms with E-state index in [1.54, 1.807) is 6.07 Å². The third kappa shape index (κ3) is 2.50. The zero-order valence-corrected chi connectivity index (χ0v) is 9.31. The zero-order valence-electron chi connectivity index (χ0n) is 9.10. The zero-order chi connectivity index (χ0) is 8.39. The Morgan fingerprint density at radius 3 is 2.54 bits per heavy atom. The number of rotatable bonds is 0. The summed E-state index contributed by atoms with van der Waals surface area (Å²) in [5, 5.41) is 0.986. The second-order valence-electron chi connectivity index (χ2n) is 2.53. The molecule has 0 saturated heterocycles. The minimum atomic E-state index is -0.198. The van der Waals surface area contributed by atoms with Crippen LogP contribution in [0.1, 0.15) is 2.85 Å². The number of para-hydroxylation sites is 1. The Balaban J connectivity index is 0. The van der Waals surface area contributed by atoms with Gasteiger partial charge in [-0.05, 0) is 6.07 Å². The van der Waals surface area contributed by atoms with Crippen LogP contribution >= 0.6 is 0 Å². The molecule has 2 nitrogen and oxygen atoms in total. The molecule has 0 fully saturated rings. The van der Waals surface area contributed by atoms with Crippen molar-refractivity contribution < 1.29 is 2.85 Å². The van der Waals surface area contributed by atoms with Gasteiger partial charge in [0.15, 0.2) is 0 Å². The maximum absolute atomic E-state index is 11.0. The van der Waals surface area contributed by atoms with Crippen molar-refractivity contribution in [3.8, 4) is 0 Å². The second kappa shape index (κ2) is 4.70. The minimum Gasteiger partial charge on any atom is -1.00 e. The Kier molecular flexibility index (Phi) is 3.85. The predicted octanol–water partition coefficient (Wildman–Crippen LogP) is 1.44. The number of fused-ring (bicyclic) bond motifs is 1. The van der Waals surface area contributed by atoms with Crippen LogP contribution < -0.4 is 5.56 Å². The fourth-order valence-electron chi connectivity index (χ4n) is 1.12. The van der Waals surface area contributed by atoms with E-state index in [0.29, 0.717) is 0 Å². The molecule has 1 aromatic carbocycles. The molecule has 0 bridgehead atoms. The number of nitrogens with zero attached hydrogens (tertiary/aromatic N) is 1. The Morgan fingerprint density at radius 2 is 1.69 bits per heavy atom. The molecular weight excluding hydrogens is 190 g/mol. The summed E-state index contributed by atoms with van der Waals surface area (Å²) < 4.78 is 0. The average molecular weight is 199 g/mol. The van der Waals surface area contributed by atoms with E-state index in [1.165, 1.54) is 6.07 Å². The largest absolute Gasteiger partial charge is 2.00 e. The van der Waals surface area contributed by atoms with Gasteiger partial charge in [0.1, 0.15) is 0 Å². The molecule has 0 aliphatic carbocycles. The number of aromatic nitrogens is 1. The Hall–Kier alpha value is -0.440. The summed E-state index contributed by atoms with van der Waals surface area (Å²) in [6.45, 7) is 0. The molecule has 0 saturated carbocycles. The van der Waals surface area contributed by atoms with Crippen LogP contribution in [0, 0.1) is 0 Å². The molecule has 2 aromatic rings. The van der Waals surface area contributed by atoms with Crippen molar-refractivity contribution in [2.45, 2.75) is 0 Å². The summed E-state index contributed by atoms with van der Waals surface area (Å²) in [5.74, 6) is 0. The van der Waals surface area contributed by atoms with Crippen molar-refractivity contribution in [1.29, 1.82) is 0 Å². The van der Waals surface area contributed by atoms with Crippen molar-refractivity contribution in [3.63, 3.8) is 0 Å². The standard InChI is InChI=1S/C10H7NO.Ca.2H/c12-10-7-3-5-8-4-1-2-6-9(8)11-10;;;/h1-7H;;;/q;+2;2*-1. The quantitative estimate of drug-likeness (QED) is 0.601. The van der Waals surface area contributed by atoms with Crippen molar-refractivity contribution >= 4 is 48.6 Å². The summed E-state index contributed by atoms with van der Waals surface area (Å²) in [6.07, 6.45) is 0. The first-order valence-electron chi connectivity index (χ1n) is 3.72. The van der Waals surface area contributed by atoms with E-state index in [2.05, 4.69) is 4.98 Å². The molecule has 0 aliphatic rings. The number of hydrogen-bond donors (Lipinski definition) is 0. The van der Waals surface area contributed by atoms with Gasteiger partial charge in [0.25, 0.3) is 5.56 Å². The number of benzene rings is 1. The van der Waals surface area contributed by atoms with Gasteiger partial charge < -0.3 is 2.85 Å². The summed E-state index contributed by atoms with van der Waals surface area (Å²) in [4.78, 5) is 14.9. The Bertz CT molecular complexity index is 478. The first-order chi connectivity index (χ1) is 5.86. The van der Waals surface area contributed by atoms with Crippen LogP contribution in [0.5, 0.6) is 0 Å². The molecule has 1 heterocycles. The van der Waals surface area contributed by atoms with Gasteiger partial charge in [-0.2, -0.15) is 0 Å². The molecular formula is C10H9CaNO. The maximum Gasteiger partial charge on any atom is 2.00 e. The fraction of sp³-hybridized carbons (Fsp3) is 0. The maximum atomic E-state index is 11.0. The molecule has 0 radical (unpaired) electrons. The van der Waals surface area contributed by atoms with Crippen molar-refractivity contribution in [3.05, 3.63) is 52.8 Å². The molecule has 62 valence electrons. The van der Waals surface area contributed by atoms with Crippen molar-refractivity contribution in [1.82, 2.24) is 4.98 Å². The molecule has 1 aromatic heterocycles. The third-order valence-corrected chi connectivity index (χ3v) is 1.68. The SMILES string of the molecule is O=c1cccc2ccccc2n1.[Ca+2].[H-].[H-]. The molecule has 0 aliphatic heterocycles. The minimum absolute atomic E-state index is 0. The number of hydrogen-bond acceptors (Lipinski definition) is 2.